The van der Waals surface area contributed by atoms with Crippen LogP contribution in [0.3, 0.4) is 0 Å². The minimum Gasteiger partial charge on any atom is -0.748 e. The van der Waals surface area contributed by atoms with E-state index in [1.807, 2.05) is 0 Å². The molecule has 0 aromatic heterocycles. The quantitative estimate of drug-likeness (QED) is 0.260. The van der Waals surface area contributed by atoms with Crippen molar-refractivity contribution in [3.8, 4) is 17.2 Å². The van der Waals surface area contributed by atoms with E-state index in [1.165, 1.54) is 31.4 Å². The van der Waals surface area contributed by atoms with Gasteiger partial charge in [0.15, 0.2) is 11.5 Å². The number of alkyl halides is 3. The zero-order valence-electron chi connectivity index (χ0n) is 16.1. The summed E-state index contributed by atoms with van der Waals surface area (Å²) >= 11 is 0. The molecule has 0 saturated heterocycles. The topological polar surface area (TPSA) is 111 Å². The maximum Gasteiger partial charge on any atom is 0.573 e. The van der Waals surface area contributed by atoms with Crippen LogP contribution in [-0.4, -0.2) is 44.5 Å². The SMILES string of the molecule is COC(Oc1cc2cc(OC(=O)CS(=O)(=O)[O-])ccc2cc1OC(F)(F)F)C(C)C. The zero-order chi connectivity index (χ0) is 22.7. The average Bonchev–Trinajstić information content (AvgIpc) is 2.56. The van der Waals surface area contributed by atoms with Crippen LogP contribution in [0.15, 0.2) is 30.3 Å². The lowest BCUT2D eigenvalue weighted by atomic mass is 10.1. The van der Waals surface area contributed by atoms with Crippen molar-refractivity contribution in [1.82, 2.24) is 0 Å². The highest BCUT2D eigenvalue weighted by Gasteiger charge is 2.33. The van der Waals surface area contributed by atoms with Crippen molar-refractivity contribution in [2.75, 3.05) is 12.9 Å². The maximum absolute atomic E-state index is 12.8. The number of carbonyl (C=O) groups excluding carboxylic acids is 1. The first-order valence-electron chi connectivity index (χ1n) is 8.44. The fourth-order valence-electron chi connectivity index (χ4n) is 2.48. The molecule has 30 heavy (non-hydrogen) atoms. The van der Waals surface area contributed by atoms with E-state index in [-0.39, 0.29) is 22.8 Å². The molecule has 1 unspecified atom stereocenters. The van der Waals surface area contributed by atoms with E-state index in [0.29, 0.717) is 5.39 Å². The number of benzene rings is 2. The molecule has 0 saturated carbocycles. The molecule has 0 aliphatic heterocycles. The predicted octanol–water partition coefficient (Wildman–Crippen LogP) is 3.20. The molecule has 0 N–H and O–H groups in total. The number of esters is 1. The molecule has 2 rings (SSSR count). The van der Waals surface area contributed by atoms with Gasteiger partial charge in [0.05, 0.1) is 0 Å². The van der Waals surface area contributed by atoms with Gasteiger partial charge in [-0.25, -0.2) is 8.42 Å². The van der Waals surface area contributed by atoms with Crippen molar-refractivity contribution in [1.29, 1.82) is 0 Å². The highest BCUT2D eigenvalue weighted by Crippen LogP contribution is 2.38. The fourth-order valence-corrected chi connectivity index (χ4v) is 2.83. The van der Waals surface area contributed by atoms with Gasteiger partial charge in [0, 0.05) is 13.0 Å². The zero-order valence-corrected chi connectivity index (χ0v) is 16.9. The summed E-state index contributed by atoms with van der Waals surface area (Å²) in [6.45, 7) is 3.47. The fraction of sp³-hybridized carbons (Fsp3) is 0.389. The summed E-state index contributed by atoms with van der Waals surface area (Å²) in [5, 5.41) is 0.588. The lowest BCUT2D eigenvalue weighted by Gasteiger charge is -2.23. The third kappa shape index (κ3) is 7.04. The lowest BCUT2D eigenvalue weighted by molar-refractivity contribution is -0.275. The van der Waals surface area contributed by atoms with Gasteiger partial charge >= 0.3 is 12.3 Å². The molecule has 0 aliphatic rings. The summed E-state index contributed by atoms with van der Waals surface area (Å²) in [4.78, 5) is 11.5. The van der Waals surface area contributed by atoms with Crippen molar-refractivity contribution in [3.63, 3.8) is 0 Å². The summed E-state index contributed by atoms with van der Waals surface area (Å²) in [6, 6.07) is 6.13. The standard InChI is InChI=1S/C18H19F3O8S/c1-10(2)17(26-3)28-14-8-12-6-13(27-16(22)9-30(23,24)25)5-4-11(12)7-15(14)29-18(19,20)21/h4-8,10,17H,9H2,1-3H3,(H,23,24,25)/p-1. The normalized spacial score (nSPS) is 13.3. The molecular weight excluding hydrogens is 433 g/mol. The number of fused-ring (bicyclic) bond motifs is 1. The van der Waals surface area contributed by atoms with Crippen LogP contribution in [0.4, 0.5) is 13.2 Å². The second-order valence-electron chi connectivity index (χ2n) is 6.50. The van der Waals surface area contributed by atoms with Crippen LogP contribution in [0.25, 0.3) is 10.8 Å². The monoisotopic (exact) mass is 451 g/mol. The first-order valence-corrected chi connectivity index (χ1v) is 10.0. The van der Waals surface area contributed by atoms with E-state index >= 15 is 0 Å². The van der Waals surface area contributed by atoms with Crippen molar-refractivity contribution in [2.45, 2.75) is 26.5 Å². The van der Waals surface area contributed by atoms with Gasteiger partial charge in [0.1, 0.15) is 21.6 Å². The molecule has 0 aliphatic carbocycles. The van der Waals surface area contributed by atoms with Crippen molar-refractivity contribution >= 4 is 26.9 Å². The van der Waals surface area contributed by atoms with Gasteiger partial charge in [-0.1, -0.05) is 19.9 Å². The smallest absolute Gasteiger partial charge is 0.573 e. The molecule has 0 spiro atoms. The van der Waals surface area contributed by atoms with E-state index in [1.54, 1.807) is 13.8 Å². The van der Waals surface area contributed by atoms with Crippen LogP contribution in [0.2, 0.25) is 0 Å². The second kappa shape index (κ2) is 9.06. The Morgan fingerprint density at radius 1 is 1.10 bits per heavy atom. The molecule has 2 aromatic carbocycles. The Hall–Kier alpha value is -2.57. The molecule has 0 amide bonds. The van der Waals surface area contributed by atoms with Crippen LogP contribution in [0.1, 0.15) is 13.8 Å². The Kier molecular flexibility index (Phi) is 7.16. The van der Waals surface area contributed by atoms with Gasteiger partial charge in [0.2, 0.25) is 6.29 Å². The average molecular weight is 451 g/mol. The molecule has 0 bridgehead atoms. The van der Waals surface area contributed by atoms with E-state index in [2.05, 4.69) is 4.74 Å². The Labute approximate surface area is 170 Å². The molecule has 12 heteroatoms. The van der Waals surface area contributed by atoms with Crippen LogP contribution >= 0.6 is 0 Å². The third-order valence-corrected chi connectivity index (χ3v) is 4.24. The third-order valence-electron chi connectivity index (χ3n) is 3.65. The molecule has 2 aromatic rings. The molecule has 1 atom stereocenters. The van der Waals surface area contributed by atoms with Crippen LogP contribution in [-0.2, 0) is 19.6 Å². The first-order chi connectivity index (χ1) is 13.8. The molecule has 166 valence electrons. The highest BCUT2D eigenvalue weighted by molar-refractivity contribution is 7.86. The molecule has 0 fully saturated rings. The van der Waals surface area contributed by atoms with Crippen molar-refractivity contribution in [3.05, 3.63) is 30.3 Å². The van der Waals surface area contributed by atoms with Crippen molar-refractivity contribution in [2.24, 2.45) is 5.92 Å². The van der Waals surface area contributed by atoms with Gasteiger partial charge < -0.3 is 23.5 Å². The second-order valence-corrected chi connectivity index (χ2v) is 7.90. The van der Waals surface area contributed by atoms with Gasteiger partial charge in [-0.3, -0.25) is 4.79 Å². The number of carbonyl (C=O) groups is 1. The molecular formula is C18H18F3O8S-. The van der Waals surface area contributed by atoms with Gasteiger partial charge in [-0.2, -0.15) is 0 Å². The van der Waals surface area contributed by atoms with Crippen LogP contribution < -0.4 is 14.2 Å². The van der Waals surface area contributed by atoms with E-state index in [9.17, 15) is 30.9 Å². The van der Waals surface area contributed by atoms with E-state index in [4.69, 9.17) is 14.2 Å². The number of methoxy groups -OCH3 is 1. The summed E-state index contributed by atoms with van der Waals surface area (Å²) in [5.41, 5.74) is 0. The minimum atomic E-state index is -4.97. The van der Waals surface area contributed by atoms with Crippen LogP contribution in [0.5, 0.6) is 17.2 Å². The number of halogens is 3. The van der Waals surface area contributed by atoms with Crippen LogP contribution in [0, 0.1) is 5.92 Å². The number of hydrogen-bond acceptors (Lipinski definition) is 8. The van der Waals surface area contributed by atoms with Crippen molar-refractivity contribution < 1.29 is 49.9 Å². The first kappa shape index (κ1) is 23.7. The van der Waals surface area contributed by atoms with Gasteiger partial charge in [-0.15, -0.1) is 13.2 Å². The molecule has 0 heterocycles. The number of ether oxygens (including phenoxy) is 4. The molecule has 8 nitrogen and oxygen atoms in total. The molecule has 0 radical (unpaired) electrons. The van der Waals surface area contributed by atoms with Gasteiger partial charge in [0.25, 0.3) is 0 Å². The maximum atomic E-state index is 12.8. The number of hydrogen-bond donors (Lipinski definition) is 0. The summed E-state index contributed by atoms with van der Waals surface area (Å²) in [7, 11) is -3.49. The number of rotatable bonds is 8. The predicted molar refractivity (Wildman–Crippen MR) is 97.1 cm³/mol. The Balaban J connectivity index is 2.44. The Bertz CT molecular complexity index is 1020. The van der Waals surface area contributed by atoms with E-state index in [0.717, 1.165) is 6.07 Å². The highest BCUT2D eigenvalue weighted by atomic mass is 32.2. The summed E-state index contributed by atoms with van der Waals surface area (Å²) in [5.74, 6) is -3.84. The largest absolute Gasteiger partial charge is 0.748 e. The minimum absolute atomic E-state index is 0.112. The summed E-state index contributed by atoms with van der Waals surface area (Å²) < 4.78 is 89.8. The summed E-state index contributed by atoms with van der Waals surface area (Å²) in [6.07, 6.45) is -5.84. The van der Waals surface area contributed by atoms with E-state index < -0.39 is 40.2 Å². The Morgan fingerprint density at radius 2 is 1.73 bits per heavy atom. The Morgan fingerprint density at radius 3 is 2.27 bits per heavy atom. The lowest BCUT2D eigenvalue weighted by Crippen LogP contribution is -2.26. The van der Waals surface area contributed by atoms with Gasteiger partial charge in [-0.05, 0) is 35.0 Å².